The molecule has 0 amide bonds. The molecule has 0 bridgehead atoms. The molecule has 0 aliphatic heterocycles. The van der Waals surface area contributed by atoms with Gasteiger partial charge in [-0.3, -0.25) is 5.84 Å². The van der Waals surface area contributed by atoms with Crippen molar-refractivity contribution in [2.45, 2.75) is 32.6 Å². The monoisotopic (exact) mass is 196 g/mol. The molecule has 0 atom stereocenters. The van der Waals surface area contributed by atoms with Crippen molar-refractivity contribution < 1.29 is 4.39 Å². The van der Waals surface area contributed by atoms with Gasteiger partial charge in [-0.15, -0.1) is 0 Å². The third-order valence-electron chi connectivity index (χ3n) is 2.60. The van der Waals surface area contributed by atoms with Crippen LogP contribution in [0.25, 0.3) is 0 Å². The summed E-state index contributed by atoms with van der Waals surface area (Å²) in [4.78, 5) is 0. The maximum atomic E-state index is 12.9. The molecule has 1 aromatic rings. The van der Waals surface area contributed by atoms with Gasteiger partial charge in [-0.2, -0.15) is 0 Å². The molecule has 2 nitrogen and oxygen atoms in total. The predicted octanol–water partition coefficient (Wildman–Crippen LogP) is 3.01. The van der Waals surface area contributed by atoms with Gasteiger partial charge in [-0.25, -0.2) is 4.39 Å². The van der Waals surface area contributed by atoms with Crippen molar-refractivity contribution in [3.8, 4) is 0 Å². The summed E-state index contributed by atoms with van der Waals surface area (Å²) in [7, 11) is 0. The summed E-state index contributed by atoms with van der Waals surface area (Å²) in [6, 6.07) is 4.73. The summed E-state index contributed by atoms with van der Waals surface area (Å²) in [5, 5.41) is 0. The van der Waals surface area contributed by atoms with E-state index in [2.05, 4.69) is 19.3 Å². The zero-order chi connectivity index (χ0) is 10.6. The maximum absolute atomic E-state index is 12.9. The molecule has 0 aliphatic rings. The first-order valence-corrected chi connectivity index (χ1v) is 4.99. The average Bonchev–Trinajstić information content (AvgIpc) is 2.21. The van der Waals surface area contributed by atoms with Gasteiger partial charge in [0.2, 0.25) is 0 Å². The Balaban J connectivity index is 3.06. The number of halogens is 1. The van der Waals surface area contributed by atoms with E-state index in [-0.39, 0.29) is 5.82 Å². The fourth-order valence-corrected chi connectivity index (χ4v) is 1.74. The Kier molecular flexibility index (Phi) is 3.89. The molecule has 0 aromatic heterocycles. The van der Waals surface area contributed by atoms with Crippen LogP contribution in [-0.4, -0.2) is 0 Å². The number of anilines is 1. The van der Waals surface area contributed by atoms with Gasteiger partial charge in [0.15, 0.2) is 0 Å². The van der Waals surface area contributed by atoms with Crippen LogP contribution in [0.1, 0.15) is 38.2 Å². The van der Waals surface area contributed by atoms with Gasteiger partial charge in [0.1, 0.15) is 5.82 Å². The summed E-state index contributed by atoms with van der Waals surface area (Å²) in [5.74, 6) is 5.54. The number of hydrogen-bond acceptors (Lipinski definition) is 2. The summed E-state index contributed by atoms with van der Waals surface area (Å²) < 4.78 is 12.9. The third kappa shape index (κ3) is 2.23. The average molecular weight is 196 g/mol. The molecule has 3 N–H and O–H groups in total. The van der Waals surface area contributed by atoms with Crippen LogP contribution in [0.15, 0.2) is 18.2 Å². The van der Waals surface area contributed by atoms with Crippen molar-refractivity contribution in [3.05, 3.63) is 29.6 Å². The Labute approximate surface area is 84.3 Å². The molecule has 14 heavy (non-hydrogen) atoms. The van der Waals surface area contributed by atoms with E-state index in [1.807, 2.05) is 6.07 Å². The normalized spacial score (nSPS) is 10.6. The van der Waals surface area contributed by atoms with Gasteiger partial charge in [-0.05, 0) is 36.5 Å². The van der Waals surface area contributed by atoms with E-state index >= 15 is 0 Å². The van der Waals surface area contributed by atoms with Crippen LogP contribution >= 0.6 is 0 Å². The minimum Gasteiger partial charge on any atom is -0.324 e. The lowest BCUT2D eigenvalue weighted by Crippen LogP contribution is -2.11. The van der Waals surface area contributed by atoms with Crippen molar-refractivity contribution in [3.63, 3.8) is 0 Å². The van der Waals surface area contributed by atoms with Gasteiger partial charge in [0.05, 0.1) is 5.69 Å². The molecule has 3 heteroatoms. The molecule has 0 heterocycles. The highest BCUT2D eigenvalue weighted by Gasteiger charge is 2.11. The van der Waals surface area contributed by atoms with Gasteiger partial charge in [-0.1, -0.05) is 19.9 Å². The lowest BCUT2D eigenvalue weighted by molar-refractivity contribution is 0.617. The lowest BCUT2D eigenvalue weighted by Gasteiger charge is -2.16. The zero-order valence-electron chi connectivity index (χ0n) is 8.68. The molecule has 0 spiro atoms. The molecule has 1 rings (SSSR count). The second-order valence-corrected chi connectivity index (χ2v) is 3.39. The Bertz CT molecular complexity index is 295. The zero-order valence-corrected chi connectivity index (χ0v) is 8.68. The van der Waals surface area contributed by atoms with Crippen molar-refractivity contribution in [1.29, 1.82) is 0 Å². The molecule has 0 saturated heterocycles. The quantitative estimate of drug-likeness (QED) is 0.574. The Morgan fingerprint density at radius 3 is 2.50 bits per heavy atom. The minimum absolute atomic E-state index is 0.257. The van der Waals surface area contributed by atoms with Crippen molar-refractivity contribution in [1.82, 2.24) is 0 Å². The molecule has 78 valence electrons. The van der Waals surface area contributed by atoms with E-state index in [1.165, 1.54) is 12.1 Å². The first-order valence-electron chi connectivity index (χ1n) is 4.99. The van der Waals surface area contributed by atoms with E-state index < -0.39 is 0 Å². The first kappa shape index (κ1) is 11.0. The summed E-state index contributed by atoms with van der Waals surface area (Å²) >= 11 is 0. The van der Waals surface area contributed by atoms with Crippen LogP contribution < -0.4 is 11.3 Å². The third-order valence-corrected chi connectivity index (χ3v) is 2.60. The Morgan fingerprint density at radius 1 is 1.36 bits per heavy atom. The number of nitrogens with one attached hydrogen (secondary N) is 1. The van der Waals surface area contributed by atoms with Crippen LogP contribution in [0.4, 0.5) is 10.1 Å². The molecule has 1 aromatic carbocycles. The van der Waals surface area contributed by atoms with E-state index in [1.54, 1.807) is 0 Å². The Hall–Kier alpha value is -1.09. The molecular weight excluding hydrogens is 179 g/mol. The molecule has 0 saturated carbocycles. The largest absolute Gasteiger partial charge is 0.324 e. The molecule has 0 aliphatic carbocycles. The first-order chi connectivity index (χ1) is 6.72. The van der Waals surface area contributed by atoms with Crippen molar-refractivity contribution in [2.24, 2.45) is 5.84 Å². The summed E-state index contributed by atoms with van der Waals surface area (Å²) in [6.45, 7) is 4.25. The number of nitrogen functional groups attached to an aromatic ring is 1. The van der Waals surface area contributed by atoms with Crippen LogP contribution in [0.2, 0.25) is 0 Å². The smallest absolute Gasteiger partial charge is 0.125 e. The van der Waals surface area contributed by atoms with Gasteiger partial charge >= 0.3 is 0 Å². The van der Waals surface area contributed by atoms with Gasteiger partial charge in [0.25, 0.3) is 0 Å². The second-order valence-electron chi connectivity index (χ2n) is 3.39. The van der Waals surface area contributed by atoms with Crippen LogP contribution in [0, 0.1) is 5.82 Å². The highest BCUT2D eigenvalue weighted by Crippen LogP contribution is 2.29. The van der Waals surface area contributed by atoms with Crippen LogP contribution in [0.5, 0.6) is 0 Å². The molecule has 0 fully saturated rings. The molecule has 0 radical (unpaired) electrons. The van der Waals surface area contributed by atoms with Crippen LogP contribution in [-0.2, 0) is 0 Å². The number of rotatable bonds is 4. The number of hydrazine groups is 1. The van der Waals surface area contributed by atoms with Gasteiger partial charge in [0, 0.05) is 0 Å². The standard InChI is InChI=1S/C11H17FN2/c1-3-8(4-2)10-6-5-9(12)7-11(10)14-13/h5-8,14H,3-4,13H2,1-2H3. The summed E-state index contributed by atoms with van der Waals surface area (Å²) in [6.07, 6.45) is 2.08. The minimum atomic E-state index is -0.257. The van der Waals surface area contributed by atoms with Crippen molar-refractivity contribution >= 4 is 5.69 Å². The fourth-order valence-electron chi connectivity index (χ4n) is 1.74. The lowest BCUT2D eigenvalue weighted by atomic mass is 9.92. The number of hydrogen-bond donors (Lipinski definition) is 2. The highest BCUT2D eigenvalue weighted by molar-refractivity contribution is 5.52. The topological polar surface area (TPSA) is 38.0 Å². The number of benzene rings is 1. The van der Waals surface area contributed by atoms with E-state index in [4.69, 9.17) is 5.84 Å². The molecular formula is C11H17FN2. The maximum Gasteiger partial charge on any atom is 0.125 e. The SMILES string of the molecule is CCC(CC)c1ccc(F)cc1NN. The predicted molar refractivity (Wildman–Crippen MR) is 57.5 cm³/mol. The number of nitrogens with two attached hydrogens (primary N) is 1. The highest BCUT2D eigenvalue weighted by atomic mass is 19.1. The van der Waals surface area contributed by atoms with E-state index in [0.29, 0.717) is 11.6 Å². The Morgan fingerprint density at radius 2 is 2.00 bits per heavy atom. The fraction of sp³-hybridized carbons (Fsp3) is 0.455. The van der Waals surface area contributed by atoms with E-state index in [0.717, 1.165) is 18.4 Å². The second kappa shape index (κ2) is 4.96. The van der Waals surface area contributed by atoms with Crippen molar-refractivity contribution in [2.75, 3.05) is 5.43 Å². The van der Waals surface area contributed by atoms with Gasteiger partial charge < -0.3 is 5.43 Å². The summed E-state index contributed by atoms with van der Waals surface area (Å²) in [5.41, 5.74) is 4.33. The van der Waals surface area contributed by atoms with Crippen LogP contribution in [0.3, 0.4) is 0 Å². The van der Waals surface area contributed by atoms with E-state index in [9.17, 15) is 4.39 Å². The molecule has 0 unspecified atom stereocenters.